The van der Waals surface area contributed by atoms with Gasteiger partial charge in [0.2, 0.25) is 0 Å². The van der Waals surface area contributed by atoms with Crippen molar-refractivity contribution in [2.45, 2.75) is 18.8 Å². The van der Waals surface area contributed by atoms with Gasteiger partial charge in [-0.25, -0.2) is 5.53 Å². The molecule has 5 heteroatoms. The molecular formula is C11H15N5. The Hall–Kier alpha value is -1.75. The van der Waals surface area contributed by atoms with E-state index in [-0.39, 0.29) is 0 Å². The quantitative estimate of drug-likeness (QED) is 0.640. The third-order valence-corrected chi connectivity index (χ3v) is 3.03. The first kappa shape index (κ1) is 9.47. The summed E-state index contributed by atoms with van der Waals surface area (Å²) in [5, 5.41) is 6.09. The Labute approximate surface area is 94.2 Å². The zero-order valence-electron chi connectivity index (χ0n) is 9.20. The molecule has 1 aliphatic carbocycles. The van der Waals surface area contributed by atoms with Crippen LogP contribution in [-0.4, -0.2) is 17.9 Å². The molecule has 1 aliphatic heterocycles. The lowest BCUT2D eigenvalue weighted by Crippen LogP contribution is -2.37. The summed E-state index contributed by atoms with van der Waals surface area (Å²) in [5.41, 5.74) is 14.8. The van der Waals surface area contributed by atoms with Crippen LogP contribution in [0.4, 0.5) is 5.69 Å². The van der Waals surface area contributed by atoms with Crippen LogP contribution in [-0.2, 0) is 0 Å². The van der Waals surface area contributed by atoms with Crippen LogP contribution in [0.5, 0.6) is 0 Å². The first-order chi connectivity index (χ1) is 7.75. The maximum absolute atomic E-state index is 5.85. The van der Waals surface area contributed by atoms with E-state index in [1.165, 1.54) is 18.4 Å². The second-order valence-electron chi connectivity index (χ2n) is 4.34. The van der Waals surface area contributed by atoms with Crippen LogP contribution in [0.15, 0.2) is 23.3 Å². The van der Waals surface area contributed by atoms with Gasteiger partial charge in [0.15, 0.2) is 5.84 Å². The molecule has 1 saturated carbocycles. The van der Waals surface area contributed by atoms with Gasteiger partial charge in [0.25, 0.3) is 0 Å². The fourth-order valence-corrected chi connectivity index (χ4v) is 2.04. The molecular weight excluding hydrogens is 202 g/mol. The van der Waals surface area contributed by atoms with E-state index in [9.17, 15) is 0 Å². The second-order valence-corrected chi connectivity index (χ2v) is 4.34. The van der Waals surface area contributed by atoms with E-state index in [0.29, 0.717) is 5.92 Å². The van der Waals surface area contributed by atoms with Crippen LogP contribution in [0.25, 0.3) is 0 Å². The van der Waals surface area contributed by atoms with Gasteiger partial charge in [-0.05, 0) is 36.5 Å². The average Bonchev–Trinajstić information content (AvgIpc) is 3.01. The molecule has 0 amide bonds. The zero-order chi connectivity index (χ0) is 11.1. The summed E-state index contributed by atoms with van der Waals surface area (Å²) in [6.45, 7) is 0. The molecule has 16 heavy (non-hydrogen) atoms. The maximum atomic E-state index is 5.85. The highest BCUT2D eigenvalue weighted by Crippen LogP contribution is 2.42. The number of anilines is 1. The lowest BCUT2D eigenvalue weighted by atomic mass is 10.0. The van der Waals surface area contributed by atoms with Gasteiger partial charge in [-0.1, -0.05) is 6.07 Å². The molecule has 1 fully saturated rings. The van der Waals surface area contributed by atoms with Gasteiger partial charge >= 0.3 is 0 Å². The molecule has 0 unspecified atom stereocenters. The predicted octanol–water partition coefficient (Wildman–Crippen LogP) is 0.762. The molecule has 84 valence electrons. The van der Waals surface area contributed by atoms with Crippen molar-refractivity contribution in [1.82, 2.24) is 16.1 Å². The fraction of sp³-hybridized carbons (Fsp3) is 0.364. The molecule has 1 aromatic rings. The van der Waals surface area contributed by atoms with Crippen molar-refractivity contribution in [3.8, 4) is 0 Å². The van der Waals surface area contributed by atoms with Crippen LogP contribution in [0.1, 0.15) is 29.9 Å². The van der Waals surface area contributed by atoms with Gasteiger partial charge in [-0.3, -0.25) is 5.01 Å². The van der Waals surface area contributed by atoms with E-state index in [1.54, 1.807) is 0 Å². The summed E-state index contributed by atoms with van der Waals surface area (Å²) in [5.74, 6) is 1.58. The summed E-state index contributed by atoms with van der Waals surface area (Å²) in [4.78, 5) is 0. The van der Waals surface area contributed by atoms with Crippen LogP contribution < -0.4 is 16.8 Å². The second kappa shape index (κ2) is 3.38. The van der Waals surface area contributed by atoms with Crippen molar-refractivity contribution in [2.75, 3.05) is 12.8 Å². The van der Waals surface area contributed by atoms with Crippen molar-refractivity contribution in [3.63, 3.8) is 0 Å². The number of nitrogens with two attached hydrogens (primary N) is 1. The smallest absolute Gasteiger partial charge is 0.173 e. The maximum Gasteiger partial charge on any atom is 0.173 e. The zero-order valence-corrected chi connectivity index (χ0v) is 9.20. The highest BCUT2D eigenvalue weighted by Gasteiger charge is 2.29. The lowest BCUT2D eigenvalue weighted by Gasteiger charge is -2.15. The van der Waals surface area contributed by atoms with E-state index >= 15 is 0 Å². The first-order valence-corrected chi connectivity index (χ1v) is 5.47. The van der Waals surface area contributed by atoms with Crippen molar-refractivity contribution in [2.24, 2.45) is 5.10 Å². The Balaban J connectivity index is 2.06. The monoisotopic (exact) mass is 217 g/mol. The standard InChI is InChI=1S/C11H15N5/c1-16-11(13-14-15-16)10-6-8(12)4-5-9(10)7-2-3-7/h4-7,14-15H,2-3,12H2,1H3. The Morgan fingerprint density at radius 3 is 2.88 bits per heavy atom. The molecule has 0 saturated heterocycles. The molecule has 1 heterocycles. The van der Waals surface area contributed by atoms with Crippen molar-refractivity contribution in [3.05, 3.63) is 29.3 Å². The molecule has 1 aromatic carbocycles. The van der Waals surface area contributed by atoms with Gasteiger partial charge in [0, 0.05) is 18.3 Å². The number of benzene rings is 1. The van der Waals surface area contributed by atoms with Gasteiger partial charge < -0.3 is 5.73 Å². The third kappa shape index (κ3) is 1.49. The molecule has 0 spiro atoms. The topological polar surface area (TPSA) is 65.7 Å². The summed E-state index contributed by atoms with van der Waals surface area (Å²) < 4.78 is 0. The molecule has 0 bridgehead atoms. The van der Waals surface area contributed by atoms with E-state index in [1.807, 2.05) is 24.2 Å². The van der Waals surface area contributed by atoms with Gasteiger partial charge in [0.05, 0.1) is 0 Å². The number of hydrogen-bond acceptors (Lipinski definition) is 5. The van der Waals surface area contributed by atoms with Crippen LogP contribution in [0, 0.1) is 0 Å². The van der Waals surface area contributed by atoms with Gasteiger partial charge in [-0.2, -0.15) is 0 Å². The molecule has 3 rings (SSSR count). The molecule has 5 nitrogen and oxygen atoms in total. The number of nitrogen functional groups attached to an aromatic ring is 1. The largest absolute Gasteiger partial charge is 0.399 e. The Morgan fingerprint density at radius 1 is 1.44 bits per heavy atom. The number of hydrazone groups is 1. The minimum absolute atomic E-state index is 0.687. The molecule has 0 aromatic heterocycles. The Kier molecular flexibility index (Phi) is 2.00. The number of hydrogen-bond donors (Lipinski definition) is 3. The van der Waals surface area contributed by atoms with Crippen LogP contribution in [0.2, 0.25) is 0 Å². The normalized spacial score (nSPS) is 19.6. The number of nitrogens with zero attached hydrogens (tertiary/aromatic N) is 2. The summed E-state index contributed by atoms with van der Waals surface area (Å²) in [7, 11) is 1.93. The number of amidine groups is 1. The summed E-state index contributed by atoms with van der Waals surface area (Å²) in [6, 6.07) is 6.09. The van der Waals surface area contributed by atoms with E-state index in [4.69, 9.17) is 5.73 Å². The summed E-state index contributed by atoms with van der Waals surface area (Å²) in [6.07, 6.45) is 2.55. The minimum Gasteiger partial charge on any atom is -0.399 e. The van der Waals surface area contributed by atoms with Crippen LogP contribution >= 0.6 is 0 Å². The molecule has 0 radical (unpaired) electrons. The number of rotatable bonds is 2. The Morgan fingerprint density at radius 2 is 2.25 bits per heavy atom. The minimum atomic E-state index is 0.687. The van der Waals surface area contributed by atoms with E-state index in [0.717, 1.165) is 17.1 Å². The van der Waals surface area contributed by atoms with Crippen molar-refractivity contribution in [1.29, 1.82) is 0 Å². The highest BCUT2D eigenvalue weighted by atomic mass is 15.8. The number of hydrazine groups is 2. The Bertz CT molecular complexity index is 450. The number of nitrogens with one attached hydrogen (secondary N) is 2. The third-order valence-electron chi connectivity index (χ3n) is 3.03. The van der Waals surface area contributed by atoms with Crippen molar-refractivity contribution < 1.29 is 0 Å². The van der Waals surface area contributed by atoms with E-state index in [2.05, 4.69) is 22.2 Å². The highest BCUT2D eigenvalue weighted by molar-refractivity contribution is 6.01. The fourth-order valence-electron chi connectivity index (χ4n) is 2.04. The molecule has 0 atom stereocenters. The molecule has 2 aliphatic rings. The predicted molar refractivity (Wildman–Crippen MR) is 63.4 cm³/mol. The SMILES string of the molecule is CN1NNN=C1c1cc(N)ccc1C1CC1. The first-order valence-electron chi connectivity index (χ1n) is 5.47. The lowest BCUT2D eigenvalue weighted by molar-refractivity contribution is 0.349. The van der Waals surface area contributed by atoms with Gasteiger partial charge in [-0.15, -0.1) is 10.6 Å². The summed E-state index contributed by atoms with van der Waals surface area (Å²) >= 11 is 0. The van der Waals surface area contributed by atoms with Crippen LogP contribution in [0.3, 0.4) is 0 Å². The van der Waals surface area contributed by atoms with Crippen molar-refractivity contribution >= 4 is 11.5 Å². The average molecular weight is 217 g/mol. The molecule has 4 N–H and O–H groups in total. The van der Waals surface area contributed by atoms with Gasteiger partial charge in [0.1, 0.15) is 0 Å². The van der Waals surface area contributed by atoms with E-state index < -0.39 is 0 Å².